The first kappa shape index (κ1) is 13.8. The Hall–Kier alpha value is -1.13. The normalized spacial score (nSPS) is 14.3. The second-order valence-corrected chi connectivity index (χ2v) is 6.47. The fraction of sp³-hybridized carbons (Fsp3) is 0.333. The number of hydrogen-bond donors (Lipinski definition) is 0. The van der Waals surface area contributed by atoms with Gasteiger partial charge in [-0.3, -0.25) is 0 Å². The molecule has 0 spiro atoms. The van der Waals surface area contributed by atoms with Crippen LogP contribution in [0.2, 0.25) is 5.15 Å². The van der Waals surface area contributed by atoms with Crippen LogP contribution >= 0.6 is 27.5 Å². The number of benzene rings is 1. The van der Waals surface area contributed by atoms with Gasteiger partial charge in [0.25, 0.3) is 0 Å². The van der Waals surface area contributed by atoms with E-state index in [2.05, 4.69) is 42.9 Å². The van der Waals surface area contributed by atoms with Crippen LogP contribution in [0.5, 0.6) is 0 Å². The highest BCUT2D eigenvalue weighted by Crippen LogP contribution is 2.39. The van der Waals surface area contributed by atoms with E-state index >= 15 is 0 Å². The largest absolute Gasteiger partial charge is 0.355 e. The van der Waals surface area contributed by atoms with Crippen molar-refractivity contribution < 1.29 is 0 Å². The van der Waals surface area contributed by atoms with Crippen LogP contribution < -0.4 is 4.90 Å². The van der Waals surface area contributed by atoms with Crippen LogP contribution in [0, 0.1) is 0 Å². The van der Waals surface area contributed by atoms with Gasteiger partial charge in [-0.1, -0.05) is 39.7 Å². The minimum atomic E-state index is 0.506. The van der Waals surface area contributed by atoms with E-state index in [4.69, 9.17) is 11.6 Å². The lowest BCUT2D eigenvalue weighted by molar-refractivity contribution is 0.854. The molecule has 0 unspecified atom stereocenters. The standard InChI is InChI=1S/C15H15BrClN3/c1-20(9-10-3-2-4-12(16)7-10)14-8-13(17)18-15(19-14)11-5-6-11/h2-4,7-8,11H,5-6,9H2,1H3. The fourth-order valence-electron chi connectivity index (χ4n) is 2.13. The smallest absolute Gasteiger partial charge is 0.135 e. The topological polar surface area (TPSA) is 29.0 Å². The highest BCUT2D eigenvalue weighted by molar-refractivity contribution is 9.10. The maximum atomic E-state index is 6.11. The van der Waals surface area contributed by atoms with Gasteiger partial charge in [-0.15, -0.1) is 0 Å². The lowest BCUT2D eigenvalue weighted by Gasteiger charge is -2.19. The van der Waals surface area contributed by atoms with Gasteiger partial charge in [0.1, 0.15) is 16.8 Å². The van der Waals surface area contributed by atoms with Crippen LogP contribution in [-0.4, -0.2) is 17.0 Å². The molecule has 2 aromatic rings. The molecular weight excluding hydrogens is 338 g/mol. The molecule has 1 aliphatic rings. The van der Waals surface area contributed by atoms with Gasteiger partial charge in [0.05, 0.1) is 0 Å². The van der Waals surface area contributed by atoms with Crippen molar-refractivity contribution in [2.24, 2.45) is 0 Å². The summed E-state index contributed by atoms with van der Waals surface area (Å²) in [6.07, 6.45) is 2.35. The molecule has 1 aliphatic carbocycles. The Bertz CT molecular complexity index is 628. The summed E-state index contributed by atoms with van der Waals surface area (Å²) in [7, 11) is 2.02. The molecule has 1 saturated carbocycles. The van der Waals surface area contributed by atoms with Crippen LogP contribution in [0.3, 0.4) is 0 Å². The van der Waals surface area contributed by atoms with E-state index in [0.29, 0.717) is 11.1 Å². The average molecular weight is 353 g/mol. The summed E-state index contributed by atoms with van der Waals surface area (Å²) in [6, 6.07) is 10.1. The van der Waals surface area contributed by atoms with E-state index in [1.807, 2.05) is 25.2 Å². The van der Waals surface area contributed by atoms with Gasteiger partial charge in [0.2, 0.25) is 0 Å². The summed E-state index contributed by atoms with van der Waals surface area (Å²) in [5.74, 6) is 2.27. The van der Waals surface area contributed by atoms with Crippen LogP contribution in [0.15, 0.2) is 34.8 Å². The Morgan fingerprint density at radius 3 is 2.80 bits per heavy atom. The first-order valence-corrected chi connectivity index (χ1v) is 7.79. The molecule has 3 nitrogen and oxygen atoms in total. The van der Waals surface area contributed by atoms with E-state index in [1.54, 1.807) is 0 Å². The summed E-state index contributed by atoms with van der Waals surface area (Å²) < 4.78 is 1.09. The highest BCUT2D eigenvalue weighted by atomic mass is 79.9. The monoisotopic (exact) mass is 351 g/mol. The second kappa shape index (κ2) is 5.70. The first-order valence-electron chi connectivity index (χ1n) is 6.62. The predicted molar refractivity (Wildman–Crippen MR) is 85.3 cm³/mol. The molecule has 0 saturated heterocycles. The second-order valence-electron chi connectivity index (χ2n) is 5.17. The van der Waals surface area contributed by atoms with E-state index in [9.17, 15) is 0 Å². The predicted octanol–water partition coefficient (Wildman–Crippen LogP) is 4.41. The third-order valence-corrected chi connectivity index (χ3v) is 4.03. The molecule has 0 N–H and O–H groups in total. The summed E-state index contributed by atoms with van der Waals surface area (Å²) in [6.45, 7) is 0.789. The van der Waals surface area contributed by atoms with Crippen molar-refractivity contribution in [1.82, 2.24) is 9.97 Å². The van der Waals surface area contributed by atoms with Crippen LogP contribution in [0.25, 0.3) is 0 Å². The summed E-state index contributed by atoms with van der Waals surface area (Å²) in [5.41, 5.74) is 1.23. The molecular formula is C15H15BrClN3. The number of halogens is 2. The average Bonchev–Trinajstić information content (AvgIpc) is 3.22. The summed E-state index contributed by atoms with van der Waals surface area (Å²) in [5, 5.41) is 0.526. The zero-order valence-electron chi connectivity index (χ0n) is 11.2. The number of anilines is 1. The molecule has 1 aromatic heterocycles. The molecule has 5 heteroatoms. The van der Waals surface area contributed by atoms with E-state index in [-0.39, 0.29) is 0 Å². The van der Waals surface area contributed by atoms with Crippen LogP contribution in [-0.2, 0) is 6.54 Å². The number of hydrogen-bond acceptors (Lipinski definition) is 3. The Morgan fingerprint density at radius 1 is 1.30 bits per heavy atom. The third kappa shape index (κ3) is 3.30. The molecule has 0 bridgehead atoms. The molecule has 1 aromatic carbocycles. The maximum absolute atomic E-state index is 6.11. The molecule has 0 atom stereocenters. The van der Waals surface area contributed by atoms with Crippen molar-refractivity contribution >= 4 is 33.3 Å². The molecule has 0 aliphatic heterocycles. The Kier molecular flexibility index (Phi) is 3.94. The Morgan fingerprint density at radius 2 is 2.10 bits per heavy atom. The van der Waals surface area contributed by atoms with Crippen molar-refractivity contribution in [3.05, 3.63) is 51.3 Å². The zero-order chi connectivity index (χ0) is 14.1. The minimum Gasteiger partial charge on any atom is -0.355 e. The molecule has 20 heavy (non-hydrogen) atoms. The van der Waals surface area contributed by atoms with Crippen molar-refractivity contribution in [2.75, 3.05) is 11.9 Å². The molecule has 1 heterocycles. The molecule has 104 valence electrons. The molecule has 0 amide bonds. The molecule has 0 radical (unpaired) electrons. The van der Waals surface area contributed by atoms with Crippen molar-refractivity contribution in [2.45, 2.75) is 25.3 Å². The SMILES string of the molecule is CN(Cc1cccc(Br)c1)c1cc(Cl)nc(C2CC2)n1. The maximum Gasteiger partial charge on any atom is 0.135 e. The Labute approximate surface area is 132 Å². The van der Waals surface area contributed by atoms with Crippen LogP contribution in [0.1, 0.15) is 30.1 Å². The van der Waals surface area contributed by atoms with Crippen molar-refractivity contribution in [3.63, 3.8) is 0 Å². The van der Waals surface area contributed by atoms with E-state index < -0.39 is 0 Å². The van der Waals surface area contributed by atoms with Gasteiger partial charge in [-0.2, -0.15) is 0 Å². The fourth-order valence-corrected chi connectivity index (χ4v) is 2.76. The molecule has 1 fully saturated rings. The number of aromatic nitrogens is 2. The van der Waals surface area contributed by atoms with Gasteiger partial charge >= 0.3 is 0 Å². The minimum absolute atomic E-state index is 0.506. The first-order chi connectivity index (χ1) is 9.61. The highest BCUT2D eigenvalue weighted by Gasteiger charge is 2.27. The molecule has 3 rings (SSSR count). The van der Waals surface area contributed by atoms with Gasteiger partial charge in [-0.05, 0) is 30.5 Å². The lowest BCUT2D eigenvalue weighted by atomic mass is 10.2. The van der Waals surface area contributed by atoms with Gasteiger partial charge in [-0.25, -0.2) is 9.97 Å². The quantitative estimate of drug-likeness (QED) is 0.763. The van der Waals surface area contributed by atoms with Gasteiger partial charge < -0.3 is 4.90 Å². The van der Waals surface area contributed by atoms with Gasteiger partial charge in [0.15, 0.2) is 0 Å². The van der Waals surface area contributed by atoms with Crippen LogP contribution in [0.4, 0.5) is 5.82 Å². The van der Waals surface area contributed by atoms with Gasteiger partial charge in [0, 0.05) is 30.0 Å². The summed E-state index contributed by atoms with van der Waals surface area (Å²) in [4.78, 5) is 11.1. The van der Waals surface area contributed by atoms with E-state index in [0.717, 1.165) is 22.7 Å². The zero-order valence-corrected chi connectivity index (χ0v) is 13.5. The third-order valence-electron chi connectivity index (χ3n) is 3.34. The Balaban J connectivity index is 1.81. The summed E-state index contributed by atoms with van der Waals surface area (Å²) >= 11 is 9.60. The number of rotatable bonds is 4. The van der Waals surface area contributed by atoms with Crippen molar-refractivity contribution in [1.29, 1.82) is 0 Å². The number of nitrogens with zero attached hydrogens (tertiary/aromatic N) is 3. The van der Waals surface area contributed by atoms with Crippen molar-refractivity contribution in [3.8, 4) is 0 Å². The lowest BCUT2D eigenvalue weighted by Crippen LogP contribution is -2.18. The van der Waals surface area contributed by atoms with E-state index in [1.165, 1.54) is 18.4 Å².